The molecule has 5 rings (SSSR count). The molecule has 6 heteroatoms. The molecule has 30 heavy (non-hydrogen) atoms. The maximum absolute atomic E-state index is 12.8. The number of amides is 1. The van der Waals surface area contributed by atoms with Crippen LogP contribution < -0.4 is 14.8 Å². The minimum Gasteiger partial charge on any atom is -0.490 e. The van der Waals surface area contributed by atoms with Gasteiger partial charge in [0.15, 0.2) is 17.3 Å². The van der Waals surface area contributed by atoms with Gasteiger partial charge in [-0.2, -0.15) is 5.10 Å². The minimum absolute atomic E-state index is 0.138. The van der Waals surface area contributed by atoms with Gasteiger partial charge >= 0.3 is 0 Å². The molecule has 1 amide bonds. The van der Waals surface area contributed by atoms with Crippen molar-refractivity contribution in [3.63, 3.8) is 0 Å². The summed E-state index contributed by atoms with van der Waals surface area (Å²) in [5.41, 5.74) is 3.83. The van der Waals surface area contributed by atoms with Crippen LogP contribution in [0.5, 0.6) is 11.5 Å². The number of benzene rings is 3. The fourth-order valence-electron chi connectivity index (χ4n) is 3.70. The van der Waals surface area contributed by atoms with Crippen LogP contribution in [0, 0.1) is 0 Å². The van der Waals surface area contributed by atoms with E-state index in [0.29, 0.717) is 24.8 Å². The smallest absolute Gasteiger partial charge is 0.230 e. The maximum atomic E-state index is 12.8. The Kier molecular flexibility index (Phi) is 4.81. The van der Waals surface area contributed by atoms with Crippen LogP contribution in [-0.2, 0) is 11.2 Å². The monoisotopic (exact) mass is 399 g/mol. The number of ether oxygens (including phenoxy) is 2. The molecule has 0 saturated carbocycles. The van der Waals surface area contributed by atoms with E-state index < -0.39 is 0 Å². The first-order valence-corrected chi connectivity index (χ1v) is 9.99. The summed E-state index contributed by atoms with van der Waals surface area (Å²) in [5, 5.41) is 11.2. The molecule has 0 bridgehead atoms. The van der Waals surface area contributed by atoms with Crippen LogP contribution >= 0.6 is 0 Å². The van der Waals surface area contributed by atoms with Crippen molar-refractivity contribution in [2.45, 2.75) is 12.8 Å². The standard InChI is InChI=1S/C24H21N3O3/c28-22(15-16-10-11-20-21(14-16)30-13-5-12-29-20)25-24-23-18(17-6-2-1-3-7-17)8-4-9-19(23)26-27-24/h1-4,6-11,14H,5,12-13,15H2,(H2,25,26,27,28). The summed E-state index contributed by atoms with van der Waals surface area (Å²) in [6, 6.07) is 21.7. The second kappa shape index (κ2) is 7.91. The van der Waals surface area contributed by atoms with Crippen LogP contribution in [0.4, 0.5) is 5.82 Å². The summed E-state index contributed by atoms with van der Waals surface area (Å²) in [4.78, 5) is 12.8. The molecule has 150 valence electrons. The second-order valence-corrected chi connectivity index (χ2v) is 7.22. The van der Waals surface area contributed by atoms with Crippen LogP contribution in [0.1, 0.15) is 12.0 Å². The highest BCUT2D eigenvalue weighted by Crippen LogP contribution is 2.33. The van der Waals surface area contributed by atoms with Crippen LogP contribution in [0.2, 0.25) is 0 Å². The van der Waals surface area contributed by atoms with Gasteiger partial charge in [0, 0.05) is 6.42 Å². The van der Waals surface area contributed by atoms with Crippen molar-refractivity contribution in [2.24, 2.45) is 0 Å². The van der Waals surface area contributed by atoms with E-state index in [2.05, 4.69) is 15.5 Å². The highest BCUT2D eigenvalue weighted by Gasteiger charge is 2.16. The number of aromatic amines is 1. The zero-order valence-electron chi connectivity index (χ0n) is 16.4. The fourth-order valence-corrected chi connectivity index (χ4v) is 3.70. The quantitative estimate of drug-likeness (QED) is 0.527. The number of rotatable bonds is 4. The lowest BCUT2D eigenvalue weighted by atomic mass is 10.0. The molecule has 0 saturated heterocycles. The lowest BCUT2D eigenvalue weighted by molar-refractivity contribution is -0.115. The predicted molar refractivity (Wildman–Crippen MR) is 116 cm³/mol. The summed E-state index contributed by atoms with van der Waals surface area (Å²) >= 11 is 0. The number of fused-ring (bicyclic) bond motifs is 2. The summed E-state index contributed by atoms with van der Waals surface area (Å²) in [6.07, 6.45) is 1.07. The lowest BCUT2D eigenvalue weighted by Crippen LogP contribution is -2.15. The van der Waals surface area contributed by atoms with Crippen molar-refractivity contribution < 1.29 is 14.3 Å². The molecule has 0 atom stereocenters. The van der Waals surface area contributed by atoms with Crippen molar-refractivity contribution in [2.75, 3.05) is 18.5 Å². The van der Waals surface area contributed by atoms with Gasteiger partial charge in [0.05, 0.1) is 30.5 Å². The molecule has 4 aromatic rings. The lowest BCUT2D eigenvalue weighted by Gasteiger charge is -2.10. The first kappa shape index (κ1) is 18.2. The first-order chi connectivity index (χ1) is 14.8. The molecule has 6 nitrogen and oxygen atoms in total. The Morgan fingerprint density at radius 2 is 1.80 bits per heavy atom. The van der Waals surface area contributed by atoms with Crippen LogP contribution in [0.25, 0.3) is 22.0 Å². The second-order valence-electron chi connectivity index (χ2n) is 7.22. The van der Waals surface area contributed by atoms with Gasteiger partial charge in [-0.1, -0.05) is 48.5 Å². The summed E-state index contributed by atoms with van der Waals surface area (Å²) < 4.78 is 11.4. The van der Waals surface area contributed by atoms with E-state index in [1.807, 2.05) is 66.7 Å². The van der Waals surface area contributed by atoms with E-state index in [1.54, 1.807) is 0 Å². The van der Waals surface area contributed by atoms with E-state index in [0.717, 1.165) is 39.8 Å². The van der Waals surface area contributed by atoms with Gasteiger partial charge in [0.2, 0.25) is 5.91 Å². The maximum Gasteiger partial charge on any atom is 0.230 e. The van der Waals surface area contributed by atoms with Gasteiger partial charge in [-0.05, 0) is 34.9 Å². The average molecular weight is 399 g/mol. The number of H-pyrrole nitrogens is 1. The third kappa shape index (κ3) is 3.59. The summed E-state index contributed by atoms with van der Waals surface area (Å²) in [6.45, 7) is 1.26. The zero-order valence-corrected chi connectivity index (χ0v) is 16.4. The van der Waals surface area contributed by atoms with Crippen LogP contribution in [0.15, 0.2) is 66.7 Å². The Morgan fingerprint density at radius 1 is 0.967 bits per heavy atom. The van der Waals surface area contributed by atoms with E-state index in [1.165, 1.54) is 0 Å². The van der Waals surface area contributed by atoms with Crippen molar-refractivity contribution >= 4 is 22.6 Å². The molecule has 3 aromatic carbocycles. The normalized spacial score (nSPS) is 13.1. The van der Waals surface area contributed by atoms with Gasteiger partial charge in [-0.25, -0.2) is 0 Å². The van der Waals surface area contributed by atoms with Crippen molar-refractivity contribution in [1.82, 2.24) is 10.2 Å². The molecule has 2 N–H and O–H groups in total. The number of hydrogen-bond acceptors (Lipinski definition) is 4. The molecule has 1 aliphatic heterocycles. The Bertz CT molecular complexity index is 1200. The Labute approximate surface area is 173 Å². The van der Waals surface area contributed by atoms with E-state index >= 15 is 0 Å². The molecular weight excluding hydrogens is 378 g/mol. The van der Waals surface area contributed by atoms with Gasteiger partial charge in [-0.3, -0.25) is 9.89 Å². The molecule has 0 aliphatic carbocycles. The van der Waals surface area contributed by atoms with E-state index in [9.17, 15) is 4.79 Å². The first-order valence-electron chi connectivity index (χ1n) is 9.99. The van der Waals surface area contributed by atoms with E-state index in [-0.39, 0.29) is 12.3 Å². The fraction of sp³-hybridized carbons (Fsp3) is 0.167. The molecular formula is C24H21N3O3. The molecule has 1 aliphatic rings. The molecule has 0 radical (unpaired) electrons. The third-order valence-corrected chi connectivity index (χ3v) is 5.11. The van der Waals surface area contributed by atoms with Crippen LogP contribution in [0.3, 0.4) is 0 Å². The molecule has 0 spiro atoms. The van der Waals surface area contributed by atoms with Gasteiger partial charge in [0.25, 0.3) is 0 Å². The van der Waals surface area contributed by atoms with E-state index in [4.69, 9.17) is 9.47 Å². The van der Waals surface area contributed by atoms with Crippen molar-refractivity contribution in [3.8, 4) is 22.6 Å². The SMILES string of the molecule is O=C(Cc1ccc2c(c1)OCCCO2)Nc1n[nH]c2cccc(-c3ccccc3)c12. The van der Waals surface area contributed by atoms with Gasteiger partial charge in [0.1, 0.15) is 0 Å². The highest BCUT2D eigenvalue weighted by molar-refractivity contribution is 6.07. The number of nitrogens with zero attached hydrogens (tertiary/aromatic N) is 1. The average Bonchev–Trinajstić information content (AvgIpc) is 3.03. The number of aromatic nitrogens is 2. The highest BCUT2D eigenvalue weighted by atomic mass is 16.5. The van der Waals surface area contributed by atoms with Gasteiger partial charge in [-0.15, -0.1) is 0 Å². The molecule has 0 fully saturated rings. The summed E-state index contributed by atoms with van der Waals surface area (Å²) in [5.74, 6) is 1.81. The number of nitrogens with one attached hydrogen (secondary N) is 2. The topological polar surface area (TPSA) is 76.2 Å². The molecule has 2 heterocycles. The zero-order chi connectivity index (χ0) is 20.3. The van der Waals surface area contributed by atoms with Crippen molar-refractivity contribution in [1.29, 1.82) is 0 Å². The predicted octanol–water partition coefficient (Wildman–Crippen LogP) is 4.57. The van der Waals surface area contributed by atoms with Gasteiger partial charge < -0.3 is 14.8 Å². The molecule has 1 aromatic heterocycles. The Morgan fingerprint density at radius 3 is 2.67 bits per heavy atom. The van der Waals surface area contributed by atoms with Crippen molar-refractivity contribution in [3.05, 3.63) is 72.3 Å². The minimum atomic E-state index is -0.138. The number of carbonyl (C=O) groups is 1. The largest absolute Gasteiger partial charge is 0.490 e. The third-order valence-electron chi connectivity index (χ3n) is 5.11. The Hall–Kier alpha value is -3.80. The number of hydrogen-bond donors (Lipinski definition) is 2. The molecule has 0 unspecified atom stereocenters. The Balaban J connectivity index is 1.40. The number of anilines is 1. The number of carbonyl (C=O) groups excluding carboxylic acids is 1. The van der Waals surface area contributed by atoms with Crippen LogP contribution in [-0.4, -0.2) is 29.3 Å². The summed E-state index contributed by atoms with van der Waals surface area (Å²) in [7, 11) is 0.